The topological polar surface area (TPSA) is 70.2 Å². The minimum Gasteiger partial charge on any atom is -0.462 e. The number of hydrogen-bond acceptors (Lipinski definition) is 5. The number of H-pyrrole nitrogens is 1. The van der Waals surface area contributed by atoms with Gasteiger partial charge in [0.15, 0.2) is 0 Å². The van der Waals surface area contributed by atoms with Crippen LogP contribution >= 0.6 is 36.2 Å². The summed E-state index contributed by atoms with van der Waals surface area (Å²) in [6.45, 7) is 0.820. The zero-order valence-corrected chi connectivity index (χ0v) is 13.8. The molecular weight excluding hydrogens is 333 g/mol. The van der Waals surface area contributed by atoms with Crippen LogP contribution in [0.3, 0.4) is 0 Å². The van der Waals surface area contributed by atoms with Crippen molar-refractivity contribution in [3.8, 4) is 16.6 Å². The molecule has 1 aliphatic rings. The molecule has 5 nitrogen and oxygen atoms in total. The normalized spacial score (nSPS) is 14.9. The second-order valence-corrected chi connectivity index (χ2v) is 5.67. The van der Waals surface area contributed by atoms with Gasteiger partial charge in [-0.15, -0.1) is 36.2 Å². The van der Waals surface area contributed by atoms with Gasteiger partial charge in [0.05, 0.1) is 16.8 Å². The first-order valence-electron chi connectivity index (χ1n) is 6.44. The third-order valence-corrected chi connectivity index (χ3v) is 3.87. The van der Waals surface area contributed by atoms with Crippen molar-refractivity contribution in [1.29, 1.82) is 0 Å². The van der Waals surface area contributed by atoms with E-state index in [-0.39, 0.29) is 31.4 Å². The molecule has 118 valence electrons. The summed E-state index contributed by atoms with van der Waals surface area (Å²) in [4.78, 5) is 8.37. The number of aliphatic hydroxyl groups excluding tert-OH is 1. The van der Waals surface area contributed by atoms with Gasteiger partial charge in [-0.3, -0.25) is 0 Å². The van der Waals surface area contributed by atoms with E-state index in [1.165, 1.54) is 12.8 Å². The molecule has 0 amide bonds. The van der Waals surface area contributed by atoms with E-state index in [0.717, 1.165) is 10.6 Å². The van der Waals surface area contributed by atoms with E-state index < -0.39 is 6.10 Å². The number of hydrogen-bond donors (Lipinski definition) is 3. The quantitative estimate of drug-likeness (QED) is 0.716. The van der Waals surface area contributed by atoms with Crippen LogP contribution in [0.1, 0.15) is 12.8 Å². The lowest BCUT2D eigenvalue weighted by molar-refractivity contribution is 0.101. The van der Waals surface area contributed by atoms with Crippen LogP contribution in [0.5, 0.6) is 6.01 Å². The smallest absolute Gasteiger partial charge is 0.294 e. The molecule has 0 radical (unpaired) electrons. The van der Waals surface area contributed by atoms with Crippen LogP contribution in [0.4, 0.5) is 0 Å². The molecule has 3 rings (SSSR count). The van der Waals surface area contributed by atoms with Crippen molar-refractivity contribution in [2.75, 3.05) is 13.2 Å². The Balaban J connectivity index is 0.00000110. The minimum atomic E-state index is -0.504. The maximum atomic E-state index is 9.75. The summed E-state index contributed by atoms with van der Waals surface area (Å²) in [6, 6.07) is 5.07. The van der Waals surface area contributed by atoms with Gasteiger partial charge in [-0.2, -0.15) is 0 Å². The highest BCUT2D eigenvalue weighted by molar-refractivity contribution is 7.13. The van der Waals surface area contributed by atoms with E-state index in [2.05, 4.69) is 15.3 Å². The van der Waals surface area contributed by atoms with Gasteiger partial charge < -0.3 is 20.1 Å². The molecule has 1 atom stereocenters. The lowest BCUT2D eigenvalue weighted by atomic mass is 10.4. The van der Waals surface area contributed by atoms with E-state index in [1.54, 1.807) is 17.5 Å². The van der Waals surface area contributed by atoms with Gasteiger partial charge >= 0.3 is 0 Å². The Kier molecular flexibility index (Phi) is 7.48. The van der Waals surface area contributed by atoms with Crippen molar-refractivity contribution in [3.63, 3.8) is 0 Å². The molecule has 1 fully saturated rings. The summed E-state index contributed by atoms with van der Waals surface area (Å²) in [7, 11) is 0. The summed E-state index contributed by atoms with van der Waals surface area (Å²) in [5, 5.41) is 15.0. The minimum absolute atomic E-state index is 0. The number of aromatic nitrogens is 2. The van der Waals surface area contributed by atoms with Crippen molar-refractivity contribution >= 4 is 36.2 Å². The molecular formula is C13H19Cl2N3O2S. The molecule has 0 spiro atoms. The van der Waals surface area contributed by atoms with Crippen LogP contribution < -0.4 is 10.1 Å². The van der Waals surface area contributed by atoms with E-state index in [1.807, 2.05) is 17.5 Å². The second-order valence-electron chi connectivity index (χ2n) is 4.73. The fourth-order valence-corrected chi connectivity index (χ4v) is 2.45. The third kappa shape index (κ3) is 5.48. The van der Waals surface area contributed by atoms with Gasteiger partial charge in [-0.25, -0.2) is 4.98 Å². The molecule has 2 aromatic rings. The zero-order valence-electron chi connectivity index (χ0n) is 11.3. The molecule has 8 heteroatoms. The molecule has 1 saturated carbocycles. The Bertz CT molecular complexity index is 517. The molecule has 0 aliphatic heterocycles. The number of imidazole rings is 1. The maximum Gasteiger partial charge on any atom is 0.294 e. The van der Waals surface area contributed by atoms with Crippen LogP contribution in [0.15, 0.2) is 23.7 Å². The predicted molar refractivity (Wildman–Crippen MR) is 88.9 cm³/mol. The number of aliphatic hydroxyl groups is 1. The number of nitrogens with zero attached hydrogens (tertiary/aromatic N) is 1. The number of aromatic amines is 1. The summed E-state index contributed by atoms with van der Waals surface area (Å²) in [5.41, 5.74) is 0.940. The summed E-state index contributed by atoms with van der Waals surface area (Å²) in [5.74, 6) is 0. The monoisotopic (exact) mass is 351 g/mol. The van der Waals surface area contributed by atoms with E-state index in [0.29, 0.717) is 18.6 Å². The number of nitrogens with one attached hydrogen (secondary N) is 2. The summed E-state index contributed by atoms with van der Waals surface area (Å²) < 4.78 is 5.45. The Labute approximate surface area is 140 Å². The first kappa shape index (κ1) is 18.3. The van der Waals surface area contributed by atoms with Crippen molar-refractivity contribution < 1.29 is 9.84 Å². The molecule has 1 aliphatic carbocycles. The number of rotatable bonds is 7. The Morgan fingerprint density at radius 1 is 1.48 bits per heavy atom. The highest BCUT2D eigenvalue weighted by Gasteiger charge is 2.21. The molecule has 21 heavy (non-hydrogen) atoms. The van der Waals surface area contributed by atoms with Crippen molar-refractivity contribution in [3.05, 3.63) is 23.7 Å². The first-order valence-corrected chi connectivity index (χ1v) is 7.32. The lowest BCUT2D eigenvalue weighted by Gasteiger charge is -2.11. The Morgan fingerprint density at radius 3 is 2.95 bits per heavy atom. The average Bonchev–Trinajstić information content (AvgIpc) is 2.92. The van der Waals surface area contributed by atoms with Crippen LogP contribution in [-0.4, -0.2) is 40.4 Å². The Morgan fingerprint density at radius 2 is 2.29 bits per heavy atom. The summed E-state index contributed by atoms with van der Waals surface area (Å²) >= 11 is 1.65. The number of thiophene rings is 1. The SMILES string of the molecule is Cl.Cl.O[C@@H](CNC1CC1)COc1ncc(-c2cccs2)[nH]1. The zero-order chi connectivity index (χ0) is 13.1. The number of halogens is 2. The van der Waals surface area contributed by atoms with E-state index in [4.69, 9.17) is 4.74 Å². The van der Waals surface area contributed by atoms with Gasteiger partial charge in [0.1, 0.15) is 12.7 Å². The summed E-state index contributed by atoms with van der Waals surface area (Å²) in [6.07, 6.45) is 3.68. The molecule has 0 saturated heterocycles. The molecule has 0 unspecified atom stereocenters. The van der Waals surface area contributed by atoms with Crippen LogP contribution in [0, 0.1) is 0 Å². The van der Waals surface area contributed by atoms with E-state index >= 15 is 0 Å². The van der Waals surface area contributed by atoms with Crippen molar-refractivity contribution in [2.45, 2.75) is 25.0 Å². The highest BCUT2D eigenvalue weighted by atomic mass is 35.5. The van der Waals surface area contributed by atoms with Gasteiger partial charge in [-0.1, -0.05) is 6.07 Å². The molecule has 2 heterocycles. The highest BCUT2D eigenvalue weighted by Crippen LogP contribution is 2.24. The standard InChI is InChI=1S/C13H17N3O2S.2ClH/c17-10(6-14-9-3-4-9)8-18-13-15-7-11(16-13)12-2-1-5-19-12;;/h1-2,5,7,9-10,14,17H,3-4,6,8H2,(H,15,16);2*1H/t10-;;/m0../s1. The predicted octanol–water partition coefficient (Wildman–Crippen LogP) is 2.47. The third-order valence-electron chi connectivity index (χ3n) is 2.97. The molecule has 0 bridgehead atoms. The Hall–Kier alpha value is -0.790. The van der Waals surface area contributed by atoms with Gasteiger partial charge in [-0.05, 0) is 24.3 Å². The first-order chi connectivity index (χ1) is 9.31. The van der Waals surface area contributed by atoms with E-state index in [9.17, 15) is 5.11 Å². The van der Waals surface area contributed by atoms with Gasteiger partial charge in [0, 0.05) is 12.6 Å². The van der Waals surface area contributed by atoms with Gasteiger partial charge in [0.25, 0.3) is 6.01 Å². The fraction of sp³-hybridized carbons (Fsp3) is 0.462. The molecule has 3 N–H and O–H groups in total. The molecule has 0 aromatic carbocycles. The maximum absolute atomic E-state index is 9.75. The van der Waals surface area contributed by atoms with Crippen LogP contribution in [0.25, 0.3) is 10.6 Å². The van der Waals surface area contributed by atoms with Crippen LogP contribution in [0.2, 0.25) is 0 Å². The largest absolute Gasteiger partial charge is 0.462 e. The van der Waals surface area contributed by atoms with Crippen molar-refractivity contribution in [2.24, 2.45) is 0 Å². The molecule has 2 aromatic heterocycles. The lowest BCUT2D eigenvalue weighted by Crippen LogP contribution is -2.32. The van der Waals surface area contributed by atoms with Gasteiger partial charge in [0.2, 0.25) is 0 Å². The fourth-order valence-electron chi connectivity index (χ4n) is 1.76. The second kappa shape index (κ2) is 8.60. The van der Waals surface area contributed by atoms with Crippen LogP contribution in [-0.2, 0) is 0 Å². The number of ether oxygens (including phenoxy) is 1. The van der Waals surface area contributed by atoms with Crippen molar-refractivity contribution in [1.82, 2.24) is 15.3 Å². The average molecular weight is 352 g/mol.